The second kappa shape index (κ2) is 10.5. The summed E-state index contributed by atoms with van der Waals surface area (Å²) in [5.41, 5.74) is 3.02. The number of aliphatic carboxylic acids is 1. The molecule has 162 valence electrons. The lowest BCUT2D eigenvalue weighted by molar-refractivity contribution is -0.137. The van der Waals surface area contributed by atoms with E-state index in [4.69, 9.17) is 26.8 Å². The summed E-state index contributed by atoms with van der Waals surface area (Å²) in [4.78, 5) is 25.2. The first kappa shape index (κ1) is 22.8. The molecule has 31 heavy (non-hydrogen) atoms. The number of carboxylic acid groups (broad SMARTS) is 1. The molecule has 2 aromatic carbocycles. The number of carboxylic acids is 1. The molecule has 0 aliphatic carbocycles. The van der Waals surface area contributed by atoms with Crippen LogP contribution in [0.1, 0.15) is 30.0 Å². The van der Waals surface area contributed by atoms with E-state index >= 15 is 0 Å². The monoisotopic (exact) mass is 457 g/mol. The molecule has 1 fully saturated rings. The zero-order valence-electron chi connectivity index (χ0n) is 17.3. The van der Waals surface area contributed by atoms with Gasteiger partial charge in [0.05, 0.1) is 17.9 Å². The van der Waals surface area contributed by atoms with Crippen molar-refractivity contribution in [2.24, 2.45) is 0 Å². The lowest BCUT2D eigenvalue weighted by Gasteiger charge is -2.14. The smallest absolute Gasteiger partial charge is 0.305 e. The lowest BCUT2D eigenvalue weighted by Crippen LogP contribution is -2.30. The van der Waals surface area contributed by atoms with Gasteiger partial charge in [0.1, 0.15) is 10.9 Å². The minimum Gasteiger partial charge on any atom is -0.490 e. The van der Waals surface area contributed by atoms with Crippen molar-refractivity contribution in [3.8, 4) is 11.5 Å². The van der Waals surface area contributed by atoms with E-state index < -0.39 is 5.97 Å². The highest BCUT2D eigenvalue weighted by Crippen LogP contribution is 2.35. The Hall–Kier alpha value is -2.84. The Morgan fingerprint density at radius 1 is 1.19 bits per heavy atom. The van der Waals surface area contributed by atoms with Crippen LogP contribution in [0.2, 0.25) is 0 Å². The molecule has 0 bridgehead atoms. The predicted molar refractivity (Wildman–Crippen MR) is 125 cm³/mol. The van der Waals surface area contributed by atoms with Crippen LogP contribution >= 0.6 is 24.0 Å². The standard InChI is InChI=1S/C23H23NO5S2/c1-3-28-19-12-16(8-9-18(19)29-14-17-7-5-4-6-15(17)2)13-20-22(27)24(23(30)31-20)11-10-21(25)26/h4-9,12-13H,3,10-11,14H2,1-2H3,(H,25,26)/b20-13-. The van der Waals surface area contributed by atoms with Gasteiger partial charge in [0.25, 0.3) is 5.91 Å². The van der Waals surface area contributed by atoms with Crippen molar-refractivity contribution in [2.45, 2.75) is 26.9 Å². The Morgan fingerprint density at radius 3 is 2.68 bits per heavy atom. The number of benzene rings is 2. The molecule has 1 heterocycles. The summed E-state index contributed by atoms with van der Waals surface area (Å²) in [6.45, 7) is 4.90. The molecule has 1 saturated heterocycles. The number of amides is 1. The van der Waals surface area contributed by atoms with Crippen molar-refractivity contribution in [1.29, 1.82) is 0 Å². The quantitative estimate of drug-likeness (QED) is 0.434. The molecular formula is C23H23NO5S2. The lowest BCUT2D eigenvalue weighted by atomic mass is 10.1. The number of hydrogen-bond donors (Lipinski definition) is 1. The van der Waals surface area contributed by atoms with Crippen LogP contribution in [-0.2, 0) is 16.2 Å². The predicted octanol–water partition coefficient (Wildman–Crippen LogP) is 4.65. The molecule has 0 atom stereocenters. The average Bonchev–Trinajstić information content (AvgIpc) is 2.99. The van der Waals surface area contributed by atoms with Crippen LogP contribution in [0.25, 0.3) is 6.08 Å². The van der Waals surface area contributed by atoms with E-state index in [1.807, 2.05) is 56.3 Å². The molecule has 0 unspecified atom stereocenters. The van der Waals surface area contributed by atoms with E-state index in [1.165, 1.54) is 4.90 Å². The third-order valence-electron chi connectivity index (χ3n) is 4.63. The molecule has 3 rings (SSSR count). The van der Waals surface area contributed by atoms with Crippen LogP contribution < -0.4 is 9.47 Å². The fraction of sp³-hybridized carbons (Fsp3) is 0.261. The Bertz CT molecular complexity index is 1030. The molecule has 0 aromatic heterocycles. The highest BCUT2D eigenvalue weighted by molar-refractivity contribution is 8.26. The minimum absolute atomic E-state index is 0.0627. The van der Waals surface area contributed by atoms with Gasteiger partial charge >= 0.3 is 5.97 Å². The fourth-order valence-electron chi connectivity index (χ4n) is 2.98. The molecule has 0 saturated carbocycles. The van der Waals surface area contributed by atoms with Crippen molar-refractivity contribution >= 4 is 46.3 Å². The third-order valence-corrected chi connectivity index (χ3v) is 6.01. The Balaban J connectivity index is 1.77. The zero-order valence-corrected chi connectivity index (χ0v) is 18.9. The van der Waals surface area contributed by atoms with Gasteiger partial charge in [-0.3, -0.25) is 14.5 Å². The maximum Gasteiger partial charge on any atom is 0.305 e. The first-order valence-corrected chi connectivity index (χ1v) is 11.0. The second-order valence-corrected chi connectivity index (χ2v) is 8.51. The maximum absolute atomic E-state index is 12.6. The first-order chi connectivity index (χ1) is 14.9. The van der Waals surface area contributed by atoms with E-state index in [-0.39, 0.29) is 18.9 Å². The number of aryl methyl sites for hydroxylation is 1. The van der Waals surface area contributed by atoms with Gasteiger partial charge < -0.3 is 14.6 Å². The van der Waals surface area contributed by atoms with Gasteiger partial charge in [0, 0.05) is 6.54 Å². The Kier molecular flexibility index (Phi) is 7.70. The van der Waals surface area contributed by atoms with Gasteiger partial charge in [0.2, 0.25) is 0 Å². The number of thioether (sulfide) groups is 1. The number of ether oxygens (including phenoxy) is 2. The summed E-state index contributed by atoms with van der Waals surface area (Å²) in [6, 6.07) is 13.5. The van der Waals surface area contributed by atoms with Crippen molar-refractivity contribution in [2.75, 3.05) is 13.2 Å². The number of hydrogen-bond acceptors (Lipinski definition) is 6. The molecule has 1 aliphatic rings. The van der Waals surface area contributed by atoms with Gasteiger partial charge in [-0.1, -0.05) is 54.3 Å². The van der Waals surface area contributed by atoms with E-state index in [2.05, 4.69) is 0 Å². The van der Waals surface area contributed by atoms with Crippen LogP contribution in [0.4, 0.5) is 0 Å². The van der Waals surface area contributed by atoms with Crippen LogP contribution in [0.15, 0.2) is 47.4 Å². The SMILES string of the molecule is CCOc1cc(/C=C2\SC(=S)N(CCC(=O)O)C2=O)ccc1OCc1ccccc1C. The highest BCUT2D eigenvalue weighted by Gasteiger charge is 2.32. The zero-order chi connectivity index (χ0) is 22.4. The molecule has 1 amide bonds. The topological polar surface area (TPSA) is 76.1 Å². The summed E-state index contributed by atoms with van der Waals surface area (Å²) < 4.78 is 12.1. The molecule has 0 radical (unpaired) electrons. The summed E-state index contributed by atoms with van der Waals surface area (Å²) >= 11 is 6.40. The van der Waals surface area contributed by atoms with Crippen LogP contribution in [0.3, 0.4) is 0 Å². The van der Waals surface area contributed by atoms with Crippen molar-refractivity contribution in [3.63, 3.8) is 0 Å². The molecule has 2 aromatic rings. The maximum atomic E-state index is 12.6. The van der Waals surface area contributed by atoms with Gasteiger partial charge in [-0.25, -0.2) is 0 Å². The molecule has 6 nitrogen and oxygen atoms in total. The molecular weight excluding hydrogens is 434 g/mol. The summed E-state index contributed by atoms with van der Waals surface area (Å²) in [5, 5.41) is 8.86. The number of rotatable bonds is 9. The average molecular weight is 458 g/mol. The van der Waals surface area contributed by atoms with E-state index in [0.29, 0.717) is 33.9 Å². The largest absolute Gasteiger partial charge is 0.490 e. The Morgan fingerprint density at radius 2 is 1.97 bits per heavy atom. The van der Waals surface area contributed by atoms with Crippen LogP contribution in [0.5, 0.6) is 11.5 Å². The molecule has 1 N–H and O–H groups in total. The molecule has 1 aliphatic heterocycles. The van der Waals surface area contributed by atoms with Gasteiger partial charge in [-0.05, 0) is 48.7 Å². The van der Waals surface area contributed by atoms with Crippen molar-refractivity contribution < 1.29 is 24.2 Å². The second-order valence-electron chi connectivity index (χ2n) is 6.83. The summed E-state index contributed by atoms with van der Waals surface area (Å²) in [5.74, 6) is -0.0442. The number of thiocarbonyl (C=S) groups is 1. The number of nitrogens with zero attached hydrogens (tertiary/aromatic N) is 1. The normalized spacial score (nSPS) is 14.9. The van der Waals surface area contributed by atoms with E-state index in [9.17, 15) is 9.59 Å². The van der Waals surface area contributed by atoms with Crippen LogP contribution in [-0.4, -0.2) is 39.4 Å². The van der Waals surface area contributed by atoms with Crippen molar-refractivity contribution in [3.05, 3.63) is 64.1 Å². The van der Waals surface area contributed by atoms with E-state index in [0.717, 1.165) is 28.5 Å². The van der Waals surface area contributed by atoms with Crippen LogP contribution in [0, 0.1) is 6.92 Å². The van der Waals surface area contributed by atoms with Gasteiger partial charge in [0.15, 0.2) is 11.5 Å². The third kappa shape index (κ3) is 5.86. The van der Waals surface area contributed by atoms with Gasteiger partial charge in [-0.15, -0.1) is 0 Å². The fourth-order valence-corrected chi connectivity index (χ4v) is 4.29. The highest BCUT2D eigenvalue weighted by atomic mass is 32.2. The first-order valence-electron chi connectivity index (χ1n) is 9.80. The minimum atomic E-state index is -0.972. The number of carbonyl (C=O) groups excluding carboxylic acids is 1. The molecule has 8 heteroatoms. The molecule has 0 spiro atoms. The van der Waals surface area contributed by atoms with Crippen molar-refractivity contribution in [1.82, 2.24) is 4.90 Å². The van der Waals surface area contributed by atoms with Gasteiger partial charge in [-0.2, -0.15) is 0 Å². The van der Waals surface area contributed by atoms with E-state index in [1.54, 1.807) is 6.08 Å². The Labute approximate surface area is 190 Å². The number of carbonyl (C=O) groups is 2. The summed E-state index contributed by atoms with van der Waals surface area (Å²) in [6.07, 6.45) is 1.58. The summed E-state index contributed by atoms with van der Waals surface area (Å²) in [7, 11) is 0.